The Morgan fingerprint density at radius 2 is 1.07 bits per heavy atom. The monoisotopic (exact) mass is 758 g/mol. The Bertz CT molecular complexity index is 1740. The summed E-state index contributed by atoms with van der Waals surface area (Å²) in [7, 11) is 3.33. The maximum Gasteiger partial charge on any atom is 0.249 e. The van der Waals surface area contributed by atoms with Crippen molar-refractivity contribution < 1.29 is 28.5 Å². The molecule has 8 N–H and O–H groups in total. The van der Waals surface area contributed by atoms with Crippen LogP contribution < -0.4 is 32.4 Å². The second-order valence-corrected chi connectivity index (χ2v) is 12.7. The summed E-state index contributed by atoms with van der Waals surface area (Å²) in [6, 6.07) is 27.7. The van der Waals surface area contributed by atoms with Crippen LogP contribution in [0.15, 0.2) is 94.9 Å². The molecule has 0 aliphatic rings. The number of aryl methyl sites for hydroxylation is 3. The van der Waals surface area contributed by atoms with Crippen molar-refractivity contribution in [1.82, 2.24) is 0 Å². The van der Waals surface area contributed by atoms with Gasteiger partial charge >= 0.3 is 0 Å². The van der Waals surface area contributed by atoms with Crippen molar-refractivity contribution in [2.75, 3.05) is 40.6 Å². The molecule has 13 heteroatoms. The van der Waals surface area contributed by atoms with Gasteiger partial charge in [0.05, 0.1) is 13.2 Å². The Morgan fingerprint density at radius 1 is 0.611 bits per heavy atom. The van der Waals surface area contributed by atoms with E-state index in [1.54, 1.807) is 14.2 Å². The van der Waals surface area contributed by atoms with E-state index in [0.29, 0.717) is 44.3 Å². The van der Waals surface area contributed by atoms with E-state index in [9.17, 15) is 9.59 Å². The second-order valence-electron chi connectivity index (χ2n) is 12.3. The second kappa shape index (κ2) is 23.3. The van der Waals surface area contributed by atoms with Gasteiger partial charge in [0.2, 0.25) is 11.8 Å². The quantitative estimate of drug-likeness (QED) is 0.0533. The normalized spacial score (nSPS) is 10.4. The molecule has 0 saturated carbocycles. The zero-order valence-corrected chi connectivity index (χ0v) is 31.9. The topological polar surface area (TPSA) is 200 Å². The number of ether oxygens (including phenoxy) is 4. The maximum absolute atomic E-state index is 11.7. The molecule has 0 fully saturated rings. The smallest absolute Gasteiger partial charge is 0.249 e. The minimum absolute atomic E-state index is 0.211. The molecule has 4 rings (SSSR count). The molecule has 288 valence electrons. The van der Waals surface area contributed by atoms with Crippen molar-refractivity contribution in [3.8, 4) is 33.8 Å². The number of nitrogens with two attached hydrogens (primary N) is 4. The van der Waals surface area contributed by atoms with Crippen LogP contribution in [0.3, 0.4) is 0 Å². The number of hydrogen-bond acceptors (Lipinski definition) is 6. The molecule has 0 saturated heterocycles. The number of benzene rings is 4. The predicted octanol–water partition coefficient (Wildman–Crippen LogP) is 5.96. The van der Waals surface area contributed by atoms with Crippen LogP contribution in [-0.4, -0.2) is 64.4 Å². The summed E-state index contributed by atoms with van der Waals surface area (Å²) in [5.41, 5.74) is 28.1. The number of guanidine groups is 2. The SMILES string of the molecule is COCCCOc1cc(CCC(=O)N=C(N)N)ccc1-c1cccc(C)c1.COCCCOc1cc(CCC(=O)N=C(N)N)ccc1-c1cccc(Cl)c1. The Morgan fingerprint density at radius 3 is 1.50 bits per heavy atom. The zero-order valence-electron chi connectivity index (χ0n) is 31.2. The van der Waals surface area contributed by atoms with Crippen LogP contribution in [0.2, 0.25) is 5.02 Å². The van der Waals surface area contributed by atoms with Gasteiger partial charge in [-0.3, -0.25) is 9.59 Å². The first kappa shape index (κ1) is 43.0. The highest BCUT2D eigenvalue weighted by Gasteiger charge is 2.12. The van der Waals surface area contributed by atoms with E-state index < -0.39 is 0 Å². The van der Waals surface area contributed by atoms with Crippen LogP contribution in [0.5, 0.6) is 11.5 Å². The van der Waals surface area contributed by atoms with Gasteiger partial charge in [0.25, 0.3) is 0 Å². The molecule has 54 heavy (non-hydrogen) atoms. The summed E-state index contributed by atoms with van der Waals surface area (Å²) >= 11 is 6.12. The van der Waals surface area contributed by atoms with E-state index in [-0.39, 0.29) is 36.6 Å². The third kappa shape index (κ3) is 15.7. The molecule has 12 nitrogen and oxygen atoms in total. The highest BCUT2D eigenvalue weighted by atomic mass is 35.5. The fourth-order valence-electron chi connectivity index (χ4n) is 5.30. The molecule has 0 spiro atoms. The number of rotatable bonds is 18. The van der Waals surface area contributed by atoms with E-state index in [2.05, 4.69) is 35.1 Å². The van der Waals surface area contributed by atoms with Crippen LogP contribution in [0, 0.1) is 6.92 Å². The molecule has 0 aromatic heterocycles. The van der Waals surface area contributed by atoms with Crippen LogP contribution in [0.1, 0.15) is 42.4 Å². The number of aliphatic imine (C=N–C) groups is 2. The number of nitrogens with zero attached hydrogens (tertiary/aromatic N) is 2. The Hall–Kier alpha value is -5.43. The highest BCUT2D eigenvalue weighted by molar-refractivity contribution is 6.30. The lowest BCUT2D eigenvalue weighted by atomic mass is 9.99. The summed E-state index contributed by atoms with van der Waals surface area (Å²) in [6.07, 6.45) is 3.09. The average molecular weight is 759 g/mol. The van der Waals surface area contributed by atoms with E-state index in [1.165, 1.54) is 5.56 Å². The van der Waals surface area contributed by atoms with Crippen molar-refractivity contribution in [3.05, 3.63) is 107 Å². The van der Waals surface area contributed by atoms with E-state index in [4.69, 9.17) is 53.5 Å². The molecular formula is C41H51ClN6O6. The van der Waals surface area contributed by atoms with Gasteiger partial charge in [0, 0.05) is 69.3 Å². The van der Waals surface area contributed by atoms with Crippen molar-refractivity contribution in [2.24, 2.45) is 32.9 Å². The fourth-order valence-corrected chi connectivity index (χ4v) is 5.49. The van der Waals surface area contributed by atoms with Gasteiger partial charge in [-0.1, -0.05) is 77.8 Å². The number of methoxy groups -OCH3 is 2. The lowest BCUT2D eigenvalue weighted by molar-refractivity contribution is -0.118. The lowest BCUT2D eigenvalue weighted by Crippen LogP contribution is -2.24. The molecule has 0 aliphatic carbocycles. The van der Waals surface area contributed by atoms with E-state index >= 15 is 0 Å². The van der Waals surface area contributed by atoms with Crippen molar-refractivity contribution >= 4 is 35.3 Å². The van der Waals surface area contributed by atoms with Crippen molar-refractivity contribution in [3.63, 3.8) is 0 Å². The molecule has 4 aromatic carbocycles. The summed E-state index contributed by atoms with van der Waals surface area (Å²) in [5.74, 6) is 0.413. The lowest BCUT2D eigenvalue weighted by Gasteiger charge is -2.14. The van der Waals surface area contributed by atoms with Gasteiger partial charge in [-0.05, 0) is 66.3 Å². The third-order valence-electron chi connectivity index (χ3n) is 7.82. The van der Waals surface area contributed by atoms with E-state index in [1.807, 2.05) is 66.7 Å². The van der Waals surface area contributed by atoms with Gasteiger partial charge in [-0.2, -0.15) is 9.98 Å². The highest BCUT2D eigenvalue weighted by Crippen LogP contribution is 2.34. The predicted molar refractivity (Wildman–Crippen MR) is 216 cm³/mol. The largest absolute Gasteiger partial charge is 0.493 e. The minimum Gasteiger partial charge on any atom is -0.493 e. The molecule has 4 aromatic rings. The first-order valence-corrected chi connectivity index (χ1v) is 17.9. The van der Waals surface area contributed by atoms with Gasteiger partial charge < -0.3 is 41.9 Å². The number of hydrogen-bond donors (Lipinski definition) is 4. The fraction of sp³-hybridized carbons (Fsp3) is 0.317. The van der Waals surface area contributed by atoms with Crippen LogP contribution in [-0.2, 0) is 31.9 Å². The third-order valence-corrected chi connectivity index (χ3v) is 8.06. The van der Waals surface area contributed by atoms with Crippen LogP contribution in [0.25, 0.3) is 22.3 Å². The molecule has 0 bridgehead atoms. The number of halogens is 1. The van der Waals surface area contributed by atoms with Crippen molar-refractivity contribution in [2.45, 2.75) is 45.4 Å². The molecule has 0 heterocycles. The molecule has 2 amide bonds. The summed E-state index contributed by atoms with van der Waals surface area (Å²) in [5, 5.41) is 0.657. The maximum atomic E-state index is 11.7. The number of amides is 2. The Labute approximate surface area is 322 Å². The minimum atomic E-state index is -0.350. The zero-order chi connectivity index (χ0) is 39.3. The van der Waals surface area contributed by atoms with Gasteiger partial charge in [0.1, 0.15) is 11.5 Å². The summed E-state index contributed by atoms with van der Waals surface area (Å²) in [4.78, 5) is 30.4. The molecule has 0 radical (unpaired) electrons. The Balaban J connectivity index is 0.000000290. The van der Waals surface area contributed by atoms with Gasteiger partial charge in [-0.15, -0.1) is 0 Å². The molecular weight excluding hydrogens is 708 g/mol. The molecule has 0 aliphatic heterocycles. The standard InChI is InChI=1S/C21H27N3O3.C20H24ClN3O3/c1-15-5-3-6-17(13-15)18-9-7-16(8-10-20(25)24-21(22)23)14-19(18)27-12-4-11-26-2;1-26-10-3-11-27-18-12-14(7-9-19(25)24-20(22)23)6-8-17(18)15-4-2-5-16(21)13-15/h3,5-7,9,13-14H,4,8,10-12H2,1-2H3,(H4,22,23,24,25);2,4-6,8,12-13H,3,7,9-11H2,1H3,(H4,22,23,24,25). The van der Waals surface area contributed by atoms with E-state index in [0.717, 1.165) is 57.7 Å². The first-order chi connectivity index (χ1) is 26.0. The first-order valence-electron chi connectivity index (χ1n) is 17.6. The number of carbonyl (C=O) groups is 2. The molecule has 0 atom stereocenters. The van der Waals surface area contributed by atoms with Gasteiger partial charge in [0.15, 0.2) is 11.9 Å². The van der Waals surface area contributed by atoms with Crippen LogP contribution in [0.4, 0.5) is 0 Å². The van der Waals surface area contributed by atoms with Gasteiger partial charge in [-0.25, -0.2) is 0 Å². The molecule has 0 unspecified atom stereocenters. The average Bonchev–Trinajstić information content (AvgIpc) is 3.13. The number of carbonyl (C=O) groups excluding carboxylic acids is 2. The summed E-state index contributed by atoms with van der Waals surface area (Å²) < 4.78 is 22.1. The summed E-state index contributed by atoms with van der Waals surface area (Å²) in [6.45, 7) is 4.42. The van der Waals surface area contributed by atoms with Crippen molar-refractivity contribution in [1.29, 1.82) is 0 Å². The Kier molecular flexibility index (Phi) is 18.5. The van der Waals surface area contributed by atoms with Crippen LogP contribution >= 0.6 is 11.6 Å².